The van der Waals surface area contributed by atoms with Crippen molar-refractivity contribution in [3.63, 3.8) is 0 Å². The summed E-state index contributed by atoms with van der Waals surface area (Å²) in [5.41, 5.74) is -2.76. The second-order valence-electron chi connectivity index (χ2n) is 8.40. The number of halogens is 6. The summed E-state index contributed by atoms with van der Waals surface area (Å²) in [6.07, 6.45) is -7.32. The average molecular weight is 425 g/mol. The summed E-state index contributed by atoms with van der Waals surface area (Å²) in [4.78, 5) is 3.33. The number of aromatic nitrogens is 1. The standard InChI is InChI=1S/C13H12BF6N.C6H14O2/c14-10-5-11(13(18,19)20)21-6-9(10)7-1-3-8(4-2-7)12(15,16)17;1-5(2,7)6(3,4)8/h5-8H,1-4H2;7-8H,1-4H3. The van der Waals surface area contributed by atoms with Gasteiger partial charge in [0.25, 0.3) is 0 Å². The van der Waals surface area contributed by atoms with Crippen molar-refractivity contribution in [1.82, 2.24) is 4.98 Å². The number of nitrogens with zero attached hydrogens (tertiary/aromatic N) is 1. The van der Waals surface area contributed by atoms with E-state index in [-0.39, 0.29) is 37.1 Å². The Kier molecular flexibility index (Phi) is 7.85. The minimum Gasteiger partial charge on any atom is -0.387 e. The van der Waals surface area contributed by atoms with Gasteiger partial charge in [0, 0.05) is 6.20 Å². The Hall–Kier alpha value is -1.29. The van der Waals surface area contributed by atoms with E-state index in [0.29, 0.717) is 5.56 Å². The second kappa shape index (κ2) is 8.84. The third kappa shape index (κ3) is 7.48. The Bertz CT molecular complexity index is 657. The summed E-state index contributed by atoms with van der Waals surface area (Å²) in [5.74, 6) is -1.60. The number of hydrogen-bond donors (Lipinski definition) is 2. The Morgan fingerprint density at radius 1 is 0.897 bits per heavy atom. The molecule has 3 nitrogen and oxygen atoms in total. The molecule has 0 atom stereocenters. The van der Waals surface area contributed by atoms with Crippen LogP contribution < -0.4 is 5.46 Å². The molecule has 0 aliphatic heterocycles. The van der Waals surface area contributed by atoms with Crippen LogP contribution in [0.1, 0.15) is 70.6 Å². The molecule has 0 aromatic carbocycles. The topological polar surface area (TPSA) is 53.4 Å². The van der Waals surface area contributed by atoms with Gasteiger partial charge in [0.05, 0.1) is 17.1 Å². The van der Waals surface area contributed by atoms with Crippen LogP contribution >= 0.6 is 0 Å². The molecular weight excluding hydrogens is 399 g/mol. The predicted molar refractivity (Wildman–Crippen MR) is 98.0 cm³/mol. The van der Waals surface area contributed by atoms with E-state index in [2.05, 4.69) is 4.98 Å². The fourth-order valence-corrected chi connectivity index (χ4v) is 2.71. The molecule has 10 heteroatoms. The maximum absolute atomic E-state index is 12.6. The zero-order valence-electron chi connectivity index (χ0n) is 16.8. The molecule has 1 fully saturated rings. The molecule has 164 valence electrons. The highest BCUT2D eigenvalue weighted by molar-refractivity contribution is 6.33. The summed E-state index contributed by atoms with van der Waals surface area (Å²) >= 11 is 0. The summed E-state index contributed by atoms with van der Waals surface area (Å²) in [7, 11) is 5.61. The molecule has 1 aliphatic rings. The molecule has 1 aromatic rings. The fourth-order valence-electron chi connectivity index (χ4n) is 2.71. The number of aliphatic hydroxyl groups is 2. The third-order valence-electron chi connectivity index (χ3n) is 5.39. The highest BCUT2D eigenvalue weighted by atomic mass is 19.4. The summed E-state index contributed by atoms with van der Waals surface area (Å²) in [6.45, 7) is 6.31. The van der Waals surface area contributed by atoms with Crippen LogP contribution in [-0.4, -0.2) is 40.4 Å². The van der Waals surface area contributed by atoms with Gasteiger partial charge in [-0.05, 0) is 70.9 Å². The summed E-state index contributed by atoms with van der Waals surface area (Å²) < 4.78 is 75.2. The molecule has 29 heavy (non-hydrogen) atoms. The van der Waals surface area contributed by atoms with Gasteiger partial charge >= 0.3 is 12.4 Å². The van der Waals surface area contributed by atoms with Crippen molar-refractivity contribution in [3.05, 3.63) is 23.5 Å². The summed E-state index contributed by atoms with van der Waals surface area (Å²) in [6, 6.07) is 0.741. The van der Waals surface area contributed by atoms with Crippen LogP contribution in [0.5, 0.6) is 0 Å². The first-order valence-electron chi connectivity index (χ1n) is 9.18. The van der Waals surface area contributed by atoms with Crippen molar-refractivity contribution in [2.45, 2.75) is 82.9 Å². The normalized spacial score (nSPS) is 21.4. The van der Waals surface area contributed by atoms with Gasteiger partial charge in [0.2, 0.25) is 0 Å². The van der Waals surface area contributed by atoms with Crippen molar-refractivity contribution in [1.29, 1.82) is 0 Å². The van der Waals surface area contributed by atoms with Gasteiger partial charge in [0.1, 0.15) is 13.5 Å². The van der Waals surface area contributed by atoms with E-state index in [9.17, 15) is 26.3 Å². The van der Waals surface area contributed by atoms with E-state index in [4.69, 9.17) is 18.1 Å². The van der Waals surface area contributed by atoms with Gasteiger partial charge in [0.15, 0.2) is 0 Å². The Morgan fingerprint density at radius 3 is 1.66 bits per heavy atom. The molecular formula is C19H26BF6NO2. The Balaban J connectivity index is 0.000000447. The van der Waals surface area contributed by atoms with Crippen LogP contribution in [-0.2, 0) is 6.18 Å². The van der Waals surface area contributed by atoms with E-state index in [0.717, 1.165) is 12.3 Å². The lowest BCUT2D eigenvalue weighted by atomic mass is 9.75. The van der Waals surface area contributed by atoms with Crippen LogP contribution in [0.4, 0.5) is 26.3 Å². The smallest absolute Gasteiger partial charge is 0.387 e. The van der Waals surface area contributed by atoms with Gasteiger partial charge in [-0.3, -0.25) is 4.98 Å². The first kappa shape index (κ1) is 25.8. The van der Waals surface area contributed by atoms with Crippen LogP contribution in [0, 0.1) is 5.92 Å². The molecule has 0 amide bonds. The highest BCUT2D eigenvalue weighted by Crippen LogP contribution is 2.42. The fraction of sp³-hybridized carbons (Fsp3) is 0.737. The molecule has 0 unspecified atom stereocenters. The zero-order chi connectivity index (χ0) is 22.8. The number of rotatable bonds is 2. The largest absolute Gasteiger partial charge is 0.433 e. The van der Waals surface area contributed by atoms with Gasteiger partial charge < -0.3 is 10.2 Å². The minimum absolute atomic E-state index is 0.0331. The maximum atomic E-state index is 12.6. The molecule has 2 radical (unpaired) electrons. The first-order chi connectivity index (χ1) is 12.8. The molecule has 1 saturated carbocycles. The minimum atomic E-state index is -4.58. The van der Waals surface area contributed by atoms with E-state index in [1.807, 2.05) is 0 Å². The monoisotopic (exact) mass is 425 g/mol. The van der Waals surface area contributed by atoms with E-state index in [1.165, 1.54) is 0 Å². The molecule has 0 spiro atoms. The van der Waals surface area contributed by atoms with E-state index >= 15 is 0 Å². The van der Waals surface area contributed by atoms with Crippen molar-refractivity contribution in [3.8, 4) is 0 Å². The van der Waals surface area contributed by atoms with E-state index in [1.54, 1.807) is 27.7 Å². The van der Waals surface area contributed by atoms with Gasteiger partial charge in [-0.15, -0.1) is 0 Å². The van der Waals surface area contributed by atoms with Crippen molar-refractivity contribution in [2.75, 3.05) is 0 Å². The second-order valence-corrected chi connectivity index (χ2v) is 8.40. The predicted octanol–water partition coefficient (Wildman–Crippen LogP) is 4.26. The molecule has 0 bridgehead atoms. The van der Waals surface area contributed by atoms with Crippen LogP contribution in [0.25, 0.3) is 0 Å². The number of hydrogen-bond acceptors (Lipinski definition) is 3. The molecule has 2 N–H and O–H groups in total. The molecule has 1 aromatic heterocycles. The number of alkyl halides is 6. The lowest BCUT2D eigenvalue weighted by Crippen LogP contribution is -2.44. The molecule has 0 saturated heterocycles. The van der Waals surface area contributed by atoms with E-state index < -0.39 is 35.2 Å². The summed E-state index contributed by atoms with van der Waals surface area (Å²) in [5, 5.41) is 18.2. The first-order valence-corrected chi connectivity index (χ1v) is 9.18. The highest BCUT2D eigenvalue weighted by Gasteiger charge is 2.42. The lowest BCUT2D eigenvalue weighted by molar-refractivity contribution is -0.182. The Labute approximate surface area is 167 Å². The lowest BCUT2D eigenvalue weighted by Gasteiger charge is -2.31. The average Bonchev–Trinajstić information content (AvgIpc) is 2.52. The van der Waals surface area contributed by atoms with Crippen molar-refractivity contribution >= 4 is 13.3 Å². The van der Waals surface area contributed by atoms with Crippen LogP contribution in [0.3, 0.4) is 0 Å². The van der Waals surface area contributed by atoms with Gasteiger partial charge in [-0.25, -0.2) is 0 Å². The molecule has 1 aliphatic carbocycles. The molecule has 1 heterocycles. The van der Waals surface area contributed by atoms with Crippen molar-refractivity contribution < 1.29 is 36.6 Å². The van der Waals surface area contributed by atoms with Gasteiger partial charge in [-0.2, -0.15) is 26.3 Å². The maximum Gasteiger partial charge on any atom is 0.433 e. The SMILES string of the molecule is CC(C)(O)C(C)(C)O.[B]c1cc(C(F)(F)F)ncc1C1CCC(C(F)(F)F)CC1. The third-order valence-corrected chi connectivity index (χ3v) is 5.39. The molecule has 2 rings (SSSR count). The van der Waals surface area contributed by atoms with Gasteiger partial charge in [-0.1, -0.05) is 5.46 Å². The number of pyridine rings is 1. The Morgan fingerprint density at radius 2 is 1.34 bits per heavy atom. The van der Waals surface area contributed by atoms with Crippen molar-refractivity contribution in [2.24, 2.45) is 5.92 Å². The van der Waals surface area contributed by atoms with Crippen LogP contribution in [0.2, 0.25) is 0 Å². The zero-order valence-corrected chi connectivity index (χ0v) is 16.8. The van der Waals surface area contributed by atoms with Crippen LogP contribution in [0.15, 0.2) is 12.3 Å². The quantitative estimate of drug-likeness (QED) is 0.550.